The summed E-state index contributed by atoms with van der Waals surface area (Å²) in [6.45, 7) is -0.0875. The van der Waals surface area contributed by atoms with Gasteiger partial charge in [-0.25, -0.2) is 14.4 Å². The molecule has 0 heterocycles. The van der Waals surface area contributed by atoms with Crippen LogP contribution < -0.4 is 40.8 Å². The number of carbonyl (C=O) groups excluding carboxylic acids is 3. The third kappa shape index (κ3) is 21.7. The van der Waals surface area contributed by atoms with Gasteiger partial charge in [0.05, 0.1) is 34.2 Å². The van der Waals surface area contributed by atoms with Gasteiger partial charge >= 0.3 is 35.9 Å². The van der Waals surface area contributed by atoms with Crippen LogP contribution in [0.1, 0.15) is 67.2 Å². The highest BCUT2D eigenvalue weighted by atomic mass is 16.5. The summed E-state index contributed by atoms with van der Waals surface area (Å²) < 4.78 is 16.0. The fourth-order valence-corrected chi connectivity index (χ4v) is 7.96. The Morgan fingerprint density at radius 2 is 0.963 bits per heavy atom. The van der Waals surface area contributed by atoms with Crippen LogP contribution in [0.5, 0.6) is 34.5 Å². The maximum absolute atomic E-state index is 13.7. The summed E-state index contributed by atoms with van der Waals surface area (Å²) in [5, 5.41) is 90.9. The SMILES string of the molecule is COc1ccc(O)c(/C=N\CC(C/N=C/c2cc(OC)ccc2O)(C/N=C/c2cc(OC)ccc2O)Cc2ccc(NC(CC(=O)O)C(=O)NC(CC(=O)O)C(=O)NCCCCC(NC(=O)NC(CCC(=O)O)C(=O)O)C(=O)O)cc2)c1. The van der Waals surface area contributed by atoms with Gasteiger partial charge in [0.2, 0.25) is 11.8 Å². The predicted octanol–water partition coefficient (Wildman–Crippen LogP) is 3.29. The van der Waals surface area contributed by atoms with Gasteiger partial charge in [0.15, 0.2) is 0 Å². The van der Waals surface area contributed by atoms with Crippen molar-refractivity contribution in [1.82, 2.24) is 21.3 Å². The second-order valence-corrected chi connectivity index (χ2v) is 18.6. The molecule has 0 aromatic heterocycles. The second-order valence-electron chi connectivity index (χ2n) is 18.6. The lowest BCUT2D eigenvalue weighted by molar-refractivity contribution is -0.142. The number of unbranched alkanes of at least 4 members (excludes halogenated alkanes) is 1. The molecule has 4 rings (SSSR count). The van der Waals surface area contributed by atoms with Crippen molar-refractivity contribution in [2.24, 2.45) is 20.4 Å². The number of phenols is 3. The first-order valence-electron chi connectivity index (χ1n) is 25.3. The van der Waals surface area contributed by atoms with Crippen molar-refractivity contribution in [2.75, 3.05) is 52.8 Å². The van der Waals surface area contributed by atoms with Crippen LogP contribution in [0.25, 0.3) is 0 Å². The summed E-state index contributed by atoms with van der Waals surface area (Å²) in [5.74, 6) is -8.08. The number of ether oxygens (including phenoxy) is 3. The molecule has 13 N–H and O–H groups in total. The predicted molar refractivity (Wildman–Crippen MR) is 296 cm³/mol. The number of benzene rings is 4. The van der Waals surface area contributed by atoms with Crippen molar-refractivity contribution in [3.63, 3.8) is 0 Å². The number of nitrogens with one attached hydrogen (secondary N) is 5. The number of urea groups is 1. The topological polar surface area (TPSA) is 423 Å². The van der Waals surface area contributed by atoms with Gasteiger partial charge in [-0.3, -0.25) is 38.9 Å². The summed E-state index contributed by atoms with van der Waals surface area (Å²) in [5.41, 5.74) is 0.956. The largest absolute Gasteiger partial charge is 0.507 e. The molecule has 0 aliphatic rings. The average Bonchev–Trinajstić information content (AvgIpc) is 3.48. The van der Waals surface area contributed by atoms with E-state index in [-0.39, 0.29) is 74.8 Å². The molecule has 4 aromatic rings. The Kier molecular flexibility index (Phi) is 25.4. The summed E-state index contributed by atoms with van der Waals surface area (Å²) >= 11 is 0. The van der Waals surface area contributed by atoms with Crippen LogP contribution in [0.3, 0.4) is 0 Å². The Labute approximate surface area is 469 Å². The minimum atomic E-state index is -1.71. The number of aliphatic carboxylic acids is 5. The number of hydrogen-bond acceptors (Lipinski definition) is 18. The van der Waals surface area contributed by atoms with E-state index in [1.54, 1.807) is 60.7 Å². The van der Waals surface area contributed by atoms with Gasteiger partial charge in [-0.05, 0) is 104 Å². The summed E-state index contributed by atoms with van der Waals surface area (Å²) in [7, 11) is 4.42. The lowest BCUT2D eigenvalue weighted by atomic mass is 9.81. The number of amides is 4. The van der Waals surface area contributed by atoms with E-state index in [1.807, 2.05) is 5.32 Å². The third-order valence-electron chi connectivity index (χ3n) is 12.3. The number of methoxy groups -OCH3 is 3. The number of hydrogen-bond donors (Lipinski definition) is 13. The number of anilines is 1. The number of phenolic OH excluding ortho intramolecular Hbond substituents is 3. The number of carboxylic acids is 5. The number of carboxylic acid groups (broad SMARTS) is 5. The number of aliphatic imine (C=N–C) groups is 3. The molecule has 27 heteroatoms. The molecule has 27 nitrogen and oxygen atoms in total. The first-order valence-corrected chi connectivity index (χ1v) is 25.3. The first-order chi connectivity index (χ1) is 39.0. The number of rotatable bonds is 35. The van der Waals surface area contributed by atoms with E-state index >= 15 is 0 Å². The zero-order chi connectivity index (χ0) is 60.4. The van der Waals surface area contributed by atoms with Crippen molar-refractivity contribution in [3.05, 3.63) is 101 Å². The molecule has 4 aromatic carbocycles. The van der Waals surface area contributed by atoms with Crippen molar-refractivity contribution < 1.29 is 93.4 Å². The highest BCUT2D eigenvalue weighted by Crippen LogP contribution is 2.30. The average molecular weight is 1140 g/mol. The quantitative estimate of drug-likeness (QED) is 0.0232. The van der Waals surface area contributed by atoms with Gasteiger partial charge in [0.1, 0.15) is 58.7 Å². The molecule has 0 fully saturated rings. The Morgan fingerprint density at radius 1 is 0.524 bits per heavy atom. The number of nitrogens with zero attached hydrogens (tertiary/aromatic N) is 3. The molecule has 0 saturated carbocycles. The Bertz CT molecular complexity index is 2810. The minimum absolute atomic E-state index is 0.0268. The highest BCUT2D eigenvalue weighted by molar-refractivity contribution is 5.95. The van der Waals surface area contributed by atoms with Gasteiger partial charge in [-0.15, -0.1) is 0 Å². The second kappa shape index (κ2) is 32.2. The van der Waals surface area contributed by atoms with Crippen LogP contribution in [0.2, 0.25) is 0 Å². The monoisotopic (exact) mass is 1140 g/mol. The van der Waals surface area contributed by atoms with Crippen molar-refractivity contribution in [1.29, 1.82) is 0 Å². The van der Waals surface area contributed by atoms with Crippen LogP contribution in [-0.4, -0.2) is 179 Å². The summed E-state index contributed by atoms with van der Waals surface area (Å²) in [6.07, 6.45) is 1.73. The molecule has 440 valence electrons. The van der Waals surface area contributed by atoms with Gasteiger partial charge in [-0.2, -0.15) is 0 Å². The summed E-state index contributed by atoms with van der Waals surface area (Å²) in [4.78, 5) is 112. The molecule has 0 aliphatic carbocycles. The zero-order valence-electron chi connectivity index (χ0n) is 44.9. The van der Waals surface area contributed by atoms with Crippen LogP contribution in [0, 0.1) is 5.41 Å². The molecule has 0 spiro atoms. The van der Waals surface area contributed by atoms with Gasteiger partial charge in [0, 0.05) is 79.0 Å². The van der Waals surface area contributed by atoms with E-state index in [0.717, 1.165) is 0 Å². The lowest BCUT2D eigenvalue weighted by Crippen LogP contribution is -2.52. The van der Waals surface area contributed by atoms with Crippen LogP contribution in [0.15, 0.2) is 93.8 Å². The van der Waals surface area contributed by atoms with Gasteiger partial charge in [-0.1, -0.05) is 12.1 Å². The van der Waals surface area contributed by atoms with E-state index in [1.165, 1.54) is 58.2 Å². The first kappa shape index (κ1) is 64.6. The molecular weight excluding hydrogens is 1080 g/mol. The maximum atomic E-state index is 13.7. The Hall–Kier alpha value is -9.95. The van der Waals surface area contributed by atoms with Gasteiger partial charge < -0.3 is 81.6 Å². The van der Waals surface area contributed by atoms with Crippen molar-refractivity contribution >= 4 is 72.0 Å². The van der Waals surface area contributed by atoms with Crippen molar-refractivity contribution in [2.45, 2.75) is 75.5 Å². The maximum Gasteiger partial charge on any atom is 0.326 e. The molecule has 4 unspecified atom stereocenters. The third-order valence-corrected chi connectivity index (χ3v) is 12.3. The molecule has 0 aliphatic heterocycles. The summed E-state index contributed by atoms with van der Waals surface area (Å²) in [6, 6.07) is 12.8. The normalized spacial score (nSPS) is 12.9. The smallest absolute Gasteiger partial charge is 0.326 e. The minimum Gasteiger partial charge on any atom is -0.507 e. The van der Waals surface area contributed by atoms with Crippen molar-refractivity contribution in [3.8, 4) is 34.5 Å². The van der Waals surface area contributed by atoms with E-state index in [0.29, 0.717) is 39.5 Å². The Balaban J connectivity index is 1.55. The van der Waals surface area contributed by atoms with Crippen LogP contribution in [-0.2, 0) is 40.0 Å². The Morgan fingerprint density at radius 3 is 1.38 bits per heavy atom. The molecule has 0 saturated heterocycles. The molecule has 0 bridgehead atoms. The fourth-order valence-electron chi connectivity index (χ4n) is 7.96. The molecule has 4 atom stereocenters. The molecule has 0 radical (unpaired) electrons. The van der Waals surface area contributed by atoms with E-state index in [9.17, 15) is 74.1 Å². The molecular formula is C55H66N8O19. The van der Waals surface area contributed by atoms with E-state index < -0.39 is 103 Å². The number of carbonyl (C=O) groups is 8. The molecule has 82 heavy (non-hydrogen) atoms. The molecule has 4 amide bonds. The van der Waals surface area contributed by atoms with E-state index in [2.05, 4.69) is 21.3 Å². The van der Waals surface area contributed by atoms with Gasteiger partial charge in [0.25, 0.3) is 0 Å². The standard InChI is InChI=1S/C55H66N8O19/c1-80-37-11-15-44(64)33(20-37)26-56-29-55(30-57-27-34-21-38(81-2)12-16-45(34)65,31-58-28-35-22-39(82-3)13-17-46(35)66)25-32-7-9-36(10-8-32)60-43(24-49(71)72)51(74)61-42(23-48(69)70)50(73)59-19-5-4-6-40(52(75)76)62-54(79)63-41(53(77)78)14-18-47(67)68/h7-13,15-17,20-22,26-28,40-43,60,64-66H,4-6,14,18-19,23-25,29-31H2,1-3H3,(H,59,73)(H,61,74)(H,67,68)(H,69,70)(H,71,72)(H,75,76)(H,77,78)(H2,62,63,79)/b56-26-,57-27+,58-28+. The zero-order valence-corrected chi connectivity index (χ0v) is 44.9. The van der Waals surface area contributed by atoms with E-state index in [4.69, 9.17) is 34.3 Å². The fraction of sp³-hybridized carbons (Fsp3) is 0.364. The lowest BCUT2D eigenvalue weighted by Gasteiger charge is -2.30. The van der Waals surface area contributed by atoms with Crippen LogP contribution >= 0.6 is 0 Å². The van der Waals surface area contributed by atoms with Crippen LogP contribution in [0.4, 0.5) is 10.5 Å². The number of aromatic hydroxyl groups is 3. The highest BCUT2D eigenvalue weighted by Gasteiger charge is 2.32.